The maximum absolute atomic E-state index is 5.37. The molecule has 0 saturated carbocycles. The third-order valence-electron chi connectivity index (χ3n) is 1.89. The normalized spacial score (nSPS) is 9.88. The number of nitrogens with two attached hydrogens (primary N) is 1. The van der Waals surface area contributed by atoms with Crippen molar-refractivity contribution in [3.63, 3.8) is 0 Å². The average Bonchev–Trinajstić information content (AvgIpc) is 2.31. The van der Waals surface area contributed by atoms with E-state index in [1.807, 2.05) is 6.92 Å². The molecule has 4 heteroatoms. The van der Waals surface area contributed by atoms with Gasteiger partial charge in [-0.1, -0.05) is 0 Å². The molecule has 0 saturated heterocycles. The first kappa shape index (κ1) is 15.4. The van der Waals surface area contributed by atoms with Crippen molar-refractivity contribution >= 4 is 0 Å². The highest BCUT2D eigenvalue weighted by molar-refractivity contribution is 4.94. The number of rotatable bonds is 11. The van der Waals surface area contributed by atoms with E-state index < -0.39 is 0 Å². The van der Waals surface area contributed by atoms with Crippen molar-refractivity contribution in [2.24, 2.45) is 5.73 Å². The second-order valence-electron chi connectivity index (χ2n) is 3.29. The SMILES string of the molecule is CC#CCCNCCOCCOCCCN. The summed E-state index contributed by atoms with van der Waals surface area (Å²) in [5.41, 5.74) is 5.33. The molecule has 0 heterocycles. The molecule has 3 N–H and O–H groups in total. The van der Waals surface area contributed by atoms with Crippen molar-refractivity contribution in [3.8, 4) is 11.8 Å². The second-order valence-corrected chi connectivity index (χ2v) is 3.29. The van der Waals surface area contributed by atoms with Crippen LogP contribution in [0.3, 0.4) is 0 Å². The van der Waals surface area contributed by atoms with Crippen LogP contribution < -0.4 is 11.1 Å². The highest BCUT2D eigenvalue weighted by Gasteiger charge is 1.90. The highest BCUT2D eigenvalue weighted by Crippen LogP contribution is 1.81. The van der Waals surface area contributed by atoms with Gasteiger partial charge in [0.05, 0.1) is 19.8 Å². The Balaban J connectivity index is 2.89. The van der Waals surface area contributed by atoms with Gasteiger partial charge in [0.15, 0.2) is 0 Å². The Morgan fingerprint density at radius 1 is 1.06 bits per heavy atom. The number of nitrogens with one attached hydrogen (secondary N) is 1. The molecule has 0 rings (SSSR count). The Kier molecular flexibility index (Phi) is 13.9. The Labute approximate surface area is 98.9 Å². The molecule has 0 aliphatic carbocycles. The van der Waals surface area contributed by atoms with Crippen LogP contribution >= 0.6 is 0 Å². The van der Waals surface area contributed by atoms with Crippen molar-refractivity contribution in [2.45, 2.75) is 19.8 Å². The first-order valence-electron chi connectivity index (χ1n) is 5.87. The summed E-state index contributed by atoms with van der Waals surface area (Å²) >= 11 is 0. The Morgan fingerprint density at radius 3 is 2.50 bits per heavy atom. The molecule has 0 aliphatic heterocycles. The Bertz CT molecular complexity index is 187. The lowest BCUT2D eigenvalue weighted by Gasteiger charge is -2.05. The molecular weight excluding hydrogens is 204 g/mol. The van der Waals surface area contributed by atoms with Crippen molar-refractivity contribution < 1.29 is 9.47 Å². The zero-order chi connectivity index (χ0) is 11.9. The maximum atomic E-state index is 5.37. The van der Waals surface area contributed by atoms with Gasteiger partial charge in [0.25, 0.3) is 0 Å². The van der Waals surface area contributed by atoms with E-state index >= 15 is 0 Å². The molecule has 0 aromatic heterocycles. The molecule has 0 fully saturated rings. The van der Waals surface area contributed by atoms with Gasteiger partial charge in [-0.15, -0.1) is 11.8 Å². The van der Waals surface area contributed by atoms with Gasteiger partial charge < -0.3 is 20.5 Å². The van der Waals surface area contributed by atoms with Crippen LogP contribution in [0.2, 0.25) is 0 Å². The van der Waals surface area contributed by atoms with Gasteiger partial charge in [0.2, 0.25) is 0 Å². The topological polar surface area (TPSA) is 56.5 Å². The fourth-order valence-electron chi connectivity index (χ4n) is 1.05. The van der Waals surface area contributed by atoms with Gasteiger partial charge in [0, 0.05) is 26.1 Å². The molecule has 0 atom stereocenters. The third kappa shape index (κ3) is 13.4. The molecule has 0 aromatic rings. The van der Waals surface area contributed by atoms with Crippen LogP contribution in [-0.4, -0.2) is 46.1 Å². The quantitative estimate of drug-likeness (QED) is 0.396. The van der Waals surface area contributed by atoms with Crippen molar-refractivity contribution in [2.75, 3.05) is 46.1 Å². The predicted molar refractivity (Wildman–Crippen MR) is 66.2 cm³/mol. The lowest BCUT2D eigenvalue weighted by atomic mass is 10.4. The van der Waals surface area contributed by atoms with Gasteiger partial charge in [-0.2, -0.15) is 0 Å². The summed E-state index contributed by atoms with van der Waals surface area (Å²) < 4.78 is 10.7. The lowest BCUT2D eigenvalue weighted by Crippen LogP contribution is -2.21. The lowest BCUT2D eigenvalue weighted by molar-refractivity contribution is 0.0486. The van der Waals surface area contributed by atoms with Crippen molar-refractivity contribution in [3.05, 3.63) is 0 Å². The van der Waals surface area contributed by atoms with E-state index in [4.69, 9.17) is 15.2 Å². The summed E-state index contributed by atoms with van der Waals surface area (Å²) in [6.07, 6.45) is 1.82. The standard InChI is InChI=1S/C12H24N2O2/c1-2-3-4-7-14-8-10-16-12-11-15-9-5-6-13/h14H,4-13H2,1H3. The van der Waals surface area contributed by atoms with E-state index in [1.165, 1.54) is 0 Å². The molecule has 94 valence electrons. The van der Waals surface area contributed by atoms with Crippen LogP contribution in [0.5, 0.6) is 0 Å². The monoisotopic (exact) mass is 228 g/mol. The zero-order valence-corrected chi connectivity index (χ0v) is 10.3. The molecule has 0 aromatic carbocycles. The minimum Gasteiger partial charge on any atom is -0.379 e. The van der Waals surface area contributed by atoms with Gasteiger partial charge in [0.1, 0.15) is 0 Å². The van der Waals surface area contributed by atoms with Crippen molar-refractivity contribution in [1.82, 2.24) is 5.32 Å². The second kappa shape index (κ2) is 14.4. The van der Waals surface area contributed by atoms with Crippen LogP contribution in [0.25, 0.3) is 0 Å². The maximum Gasteiger partial charge on any atom is 0.0701 e. The summed E-state index contributed by atoms with van der Waals surface area (Å²) in [6.45, 7) is 7.10. The fourth-order valence-corrected chi connectivity index (χ4v) is 1.05. The number of hydrogen-bond acceptors (Lipinski definition) is 4. The third-order valence-corrected chi connectivity index (χ3v) is 1.89. The first-order chi connectivity index (χ1) is 7.91. The molecule has 0 aliphatic rings. The van der Waals surface area contributed by atoms with E-state index in [2.05, 4.69) is 17.2 Å². The van der Waals surface area contributed by atoms with Crippen LogP contribution in [0.15, 0.2) is 0 Å². The Hall–Kier alpha value is -0.600. The zero-order valence-electron chi connectivity index (χ0n) is 10.3. The van der Waals surface area contributed by atoms with Crippen LogP contribution in [0.4, 0.5) is 0 Å². The molecule has 4 nitrogen and oxygen atoms in total. The van der Waals surface area contributed by atoms with Crippen LogP contribution in [0, 0.1) is 11.8 Å². The number of ether oxygens (including phenoxy) is 2. The summed E-state index contributed by atoms with van der Waals surface area (Å²) in [4.78, 5) is 0. The van der Waals surface area contributed by atoms with E-state index in [1.54, 1.807) is 0 Å². The minimum atomic E-state index is 0.654. The van der Waals surface area contributed by atoms with Crippen molar-refractivity contribution in [1.29, 1.82) is 0 Å². The summed E-state index contributed by atoms with van der Waals surface area (Å²) in [5.74, 6) is 5.85. The van der Waals surface area contributed by atoms with E-state index in [-0.39, 0.29) is 0 Å². The van der Waals surface area contributed by atoms with Gasteiger partial charge in [-0.3, -0.25) is 0 Å². The van der Waals surface area contributed by atoms with E-state index in [0.29, 0.717) is 19.8 Å². The summed E-state index contributed by atoms with van der Waals surface area (Å²) in [5, 5.41) is 3.25. The average molecular weight is 228 g/mol. The predicted octanol–water partition coefficient (Wildman–Crippen LogP) is 0.371. The molecule has 0 bridgehead atoms. The van der Waals surface area contributed by atoms with Gasteiger partial charge >= 0.3 is 0 Å². The highest BCUT2D eigenvalue weighted by atomic mass is 16.5. The smallest absolute Gasteiger partial charge is 0.0701 e. The Morgan fingerprint density at radius 2 is 1.81 bits per heavy atom. The first-order valence-corrected chi connectivity index (χ1v) is 5.87. The van der Waals surface area contributed by atoms with Gasteiger partial charge in [-0.05, 0) is 19.9 Å². The van der Waals surface area contributed by atoms with Gasteiger partial charge in [-0.25, -0.2) is 0 Å². The number of hydrogen-bond donors (Lipinski definition) is 2. The molecule has 0 amide bonds. The fraction of sp³-hybridized carbons (Fsp3) is 0.833. The van der Waals surface area contributed by atoms with Crippen LogP contribution in [0.1, 0.15) is 19.8 Å². The minimum absolute atomic E-state index is 0.654. The largest absolute Gasteiger partial charge is 0.379 e. The molecule has 0 spiro atoms. The van der Waals surface area contributed by atoms with E-state index in [9.17, 15) is 0 Å². The summed E-state index contributed by atoms with van der Waals surface area (Å²) in [6, 6.07) is 0. The molecule has 0 radical (unpaired) electrons. The van der Waals surface area contributed by atoms with E-state index in [0.717, 1.165) is 39.1 Å². The van der Waals surface area contributed by atoms with Crippen LogP contribution in [-0.2, 0) is 9.47 Å². The summed E-state index contributed by atoms with van der Waals surface area (Å²) in [7, 11) is 0. The molecular formula is C12H24N2O2. The molecule has 16 heavy (non-hydrogen) atoms. The molecule has 0 unspecified atom stereocenters.